The van der Waals surface area contributed by atoms with E-state index in [1.807, 2.05) is 6.07 Å². The minimum atomic E-state index is -2.23. The fraction of sp³-hybridized carbons (Fsp3) is 0. The number of nitriles is 1. The molecule has 1 aliphatic rings. The maximum atomic E-state index is 11.1. The number of hydrogen-bond acceptors (Lipinski definition) is 3. The van der Waals surface area contributed by atoms with Crippen LogP contribution in [0.5, 0.6) is 0 Å². The maximum absolute atomic E-state index is 11.1. The van der Waals surface area contributed by atoms with Crippen LogP contribution in [0.3, 0.4) is 0 Å². The van der Waals surface area contributed by atoms with E-state index in [0.29, 0.717) is 5.56 Å². The average molecular weight is 273 g/mol. The Morgan fingerprint density at radius 2 is 2.17 bits per heavy atom. The standard InChI is InChI=1S/C8H4INO2/c10-5-9-7-4-2-1-3-6(7)8(11)12-9/h1-4H. The molecule has 0 saturated carbocycles. The van der Waals surface area contributed by atoms with Gasteiger partial charge in [0.25, 0.3) is 0 Å². The quantitative estimate of drug-likeness (QED) is 0.678. The van der Waals surface area contributed by atoms with Crippen LogP contribution < -0.4 is 0 Å². The molecule has 3 nitrogen and oxygen atoms in total. The molecule has 0 unspecified atom stereocenters. The van der Waals surface area contributed by atoms with Crippen LogP contribution in [0.4, 0.5) is 0 Å². The van der Waals surface area contributed by atoms with Gasteiger partial charge < -0.3 is 0 Å². The van der Waals surface area contributed by atoms with Crippen molar-refractivity contribution in [3.8, 4) is 4.08 Å². The molecule has 0 aromatic heterocycles. The van der Waals surface area contributed by atoms with Crippen molar-refractivity contribution in [1.29, 1.82) is 5.26 Å². The number of carbonyl (C=O) groups excluding carboxylic acids is 1. The van der Waals surface area contributed by atoms with E-state index >= 15 is 0 Å². The molecule has 60 valence electrons. The number of benzene rings is 1. The average Bonchev–Trinajstić information content (AvgIpc) is 2.44. The zero-order valence-corrected chi connectivity index (χ0v) is 8.11. The van der Waals surface area contributed by atoms with Crippen molar-refractivity contribution in [2.45, 2.75) is 0 Å². The number of hydrogen-bond donors (Lipinski definition) is 0. The van der Waals surface area contributed by atoms with Gasteiger partial charge in [-0.3, -0.25) is 0 Å². The fourth-order valence-electron chi connectivity index (χ4n) is 0.992. The molecule has 2 rings (SSSR count). The van der Waals surface area contributed by atoms with Gasteiger partial charge in [0.05, 0.1) is 0 Å². The molecule has 1 aromatic carbocycles. The summed E-state index contributed by atoms with van der Waals surface area (Å²) in [6.45, 7) is 0. The molecular weight excluding hydrogens is 269 g/mol. The molecule has 0 aliphatic carbocycles. The summed E-state index contributed by atoms with van der Waals surface area (Å²) >= 11 is -2.23. The Hall–Kier alpha value is -1.09. The van der Waals surface area contributed by atoms with Crippen LogP contribution in [0, 0.1) is 12.9 Å². The number of fused-ring (bicyclic) bond motifs is 1. The normalized spacial score (nSPS) is 16.6. The summed E-state index contributed by atoms with van der Waals surface area (Å²) in [4.78, 5) is 11.1. The first kappa shape index (κ1) is 7.55. The van der Waals surface area contributed by atoms with Gasteiger partial charge in [-0.05, 0) is 0 Å². The second-order valence-corrected chi connectivity index (χ2v) is 5.68. The Balaban J connectivity index is 2.59. The summed E-state index contributed by atoms with van der Waals surface area (Å²) in [6.07, 6.45) is 0. The third kappa shape index (κ3) is 0.975. The van der Waals surface area contributed by atoms with Crippen molar-refractivity contribution in [1.82, 2.24) is 0 Å². The second kappa shape index (κ2) is 2.75. The van der Waals surface area contributed by atoms with Gasteiger partial charge >= 0.3 is 76.8 Å². The predicted molar refractivity (Wildman–Crippen MR) is 50.2 cm³/mol. The van der Waals surface area contributed by atoms with E-state index in [0.717, 1.165) is 3.57 Å². The SMILES string of the molecule is N#CI1OC(=O)c2ccccc21. The topological polar surface area (TPSA) is 50.1 Å². The van der Waals surface area contributed by atoms with Crippen LogP contribution in [-0.4, -0.2) is 5.97 Å². The summed E-state index contributed by atoms with van der Waals surface area (Å²) in [5, 5.41) is 8.67. The van der Waals surface area contributed by atoms with Gasteiger partial charge in [0, 0.05) is 0 Å². The minimum absolute atomic E-state index is 0.336. The van der Waals surface area contributed by atoms with Gasteiger partial charge in [-0.1, -0.05) is 0 Å². The van der Waals surface area contributed by atoms with Crippen molar-refractivity contribution in [3.63, 3.8) is 0 Å². The van der Waals surface area contributed by atoms with Gasteiger partial charge in [-0.2, -0.15) is 0 Å². The number of rotatable bonds is 0. The van der Waals surface area contributed by atoms with E-state index in [4.69, 9.17) is 8.33 Å². The second-order valence-electron chi connectivity index (χ2n) is 2.18. The van der Waals surface area contributed by atoms with E-state index in [9.17, 15) is 4.79 Å². The zero-order valence-electron chi connectivity index (χ0n) is 5.95. The number of carbonyl (C=O) groups is 1. The van der Waals surface area contributed by atoms with E-state index in [1.165, 1.54) is 0 Å². The molecule has 0 atom stereocenters. The molecule has 0 N–H and O–H groups in total. The van der Waals surface area contributed by atoms with Gasteiger partial charge in [-0.15, -0.1) is 0 Å². The molecule has 0 bridgehead atoms. The van der Waals surface area contributed by atoms with E-state index < -0.39 is 20.2 Å². The van der Waals surface area contributed by atoms with E-state index in [2.05, 4.69) is 4.08 Å². The van der Waals surface area contributed by atoms with Gasteiger partial charge in [0.15, 0.2) is 0 Å². The third-order valence-corrected chi connectivity index (χ3v) is 4.78. The number of nitrogens with zero attached hydrogens (tertiary/aromatic N) is 1. The molecule has 4 heteroatoms. The van der Waals surface area contributed by atoms with Gasteiger partial charge in [0.2, 0.25) is 0 Å². The first-order valence-corrected chi connectivity index (χ1v) is 6.28. The molecule has 0 amide bonds. The molecule has 12 heavy (non-hydrogen) atoms. The van der Waals surface area contributed by atoms with Crippen molar-refractivity contribution in [3.05, 3.63) is 33.4 Å². The first-order chi connectivity index (χ1) is 5.83. The summed E-state index contributed by atoms with van der Waals surface area (Å²) < 4.78 is 7.83. The molecular formula is C8H4INO2. The summed E-state index contributed by atoms with van der Waals surface area (Å²) in [7, 11) is 0. The molecule has 1 aliphatic heterocycles. The van der Waals surface area contributed by atoms with Crippen LogP contribution >= 0.6 is 20.2 Å². The van der Waals surface area contributed by atoms with E-state index in [1.54, 1.807) is 18.2 Å². The summed E-state index contributed by atoms with van der Waals surface area (Å²) in [5.41, 5.74) is 0.573. The number of halogens is 1. The Morgan fingerprint density at radius 3 is 2.92 bits per heavy atom. The zero-order chi connectivity index (χ0) is 8.55. The Morgan fingerprint density at radius 1 is 1.42 bits per heavy atom. The molecule has 0 fully saturated rings. The van der Waals surface area contributed by atoms with Crippen LogP contribution in [-0.2, 0) is 3.07 Å². The van der Waals surface area contributed by atoms with E-state index in [-0.39, 0.29) is 5.97 Å². The Labute approximate surface area is 76.9 Å². The molecule has 1 aromatic rings. The Bertz CT molecular complexity index is 383. The molecule has 0 radical (unpaired) electrons. The van der Waals surface area contributed by atoms with Gasteiger partial charge in [0.1, 0.15) is 0 Å². The summed E-state index contributed by atoms with van der Waals surface area (Å²) in [6, 6.07) is 7.10. The van der Waals surface area contributed by atoms with Crippen molar-refractivity contribution >= 4 is 26.2 Å². The van der Waals surface area contributed by atoms with Gasteiger partial charge in [-0.25, -0.2) is 0 Å². The monoisotopic (exact) mass is 273 g/mol. The molecule has 0 spiro atoms. The Kier molecular flexibility index (Phi) is 1.73. The predicted octanol–water partition coefficient (Wildman–Crippen LogP) is 1.93. The van der Waals surface area contributed by atoms with Crippen LogP contribution in [0.15, 0.2) is 24.3 Å². The van der Waals surface area contributed by atoms with Crippen LogP contribution in [0.1, 0.15) is 10.4 Å². The van der Waals surface area contributed by atoms with Crippen LogP contribution in [0.25, 0.3) is 0 Å². The molecule has 0 saturated heterocycles. The third-order valence-electron chi connectivity index (χ3n) is 1.50. The molecule has 1 heterocycles. The van der Waals surface area contributed by atoms with Crippen LogP contribution in [0.2, 0.25) is 0 Å². The first-order valence-electron chi connectivity index (χ1n) is 3.24. The van der Waals surface area contributed by atoms with Crippen molar-refractivity contribution < 1.29 is 7.86 Å². The fourth-order valence-corrected chi connectivity index (χ4v) is 3.69. The van der Waals surface area contributed by atoms with Crippen molar-refractivity contribution in [2.24, 2.45) is 0 Å². The van der Waals surface area contributed by atoms with Crippen molar-refractivity contribution in [2.75, 3.05) is 0 Å². The summed E-state index contributed by atoms with van der Waals surface area (Å²) in [5.74, 6) is -0.336.